The van der Waals surface area contributed by atoms with E-state index in [2.05, 4.69) is 0 Å². The average molecular weight is 346 g/mol. The minimum Gasteiger partial charge on any atom is -0.494 e. The van der Waals surface area contributed by atoms with Gasteiger partial charge < -0.3 is 9.47 Å². The lowest BCUT2D eigenvalue weighted by molar-refractivity contribution is 0.0730. The largest absolute Gasteiger partial charge is 0.494 e. The van der Waals surface area contributed by atoms with Crippen LogP contribution in [-0.4, -0.2) is 12.6 Å². The second-order valence-electron chi connectivity index (χ2n) is 5.21. The van der Waals surface area contributed by atoms with Crippen LogP contribution in [0.15, 0.2) is 48.5 Å². The Kier molecular flexibility index (Phi) is 4.61. The van der Waals surface area contributed by atoms with Crippen LogP contribution >= 0.6 is 0 Å². The van der Waals surface area contributed by atoms with Gasteiger partial charge in [-0.2, -0.15) is 0 Å². The summed E-state index contributed by atoms with van der Waals surface area (Å²) >= 11 is 0. The second kappa shape index (κ2) is 6.84. The molecule has 0 bridgehead atoms. The monoisotopic (exact) mass is 346 g/mol. The maximum atomic E-state index is 14.0. The summed E-state index contributed by atoms with van der Waals surface area (Å²) in [6.45, 7) is 2.13. The molecule has 0 aliphatic carbocycles. The Balaban J connectivity index is 1.86. The molecule has 0 saturated heterocycles. The maximum Gasteiger partial charge on any atom is 0.346 e. The summed E-state index contributed by atoms with van der Waals surface area (Å²) in [5.41, 5.74) is -0.256. The Morgan fingerprint density at radius 2 is 1.68 bits per heavy atom. The number of hydrogen-bond donors (Lipinski definition) is 0. The molecule has 3 aromatic rings. The van der Waals surface area contributed by atoms with Gasteiger partial charge in [0.2, 0.25) is 0 Å². The van der Waals surface area contributed by atoms with E-state index in [1.807, 2.05) is 0 Å². The summed E-state index contributed by atoms with van der Waals surface area (Å²) in [5, 5.41) is 0.420. The Morgan fingerprint density at radius 3 is 2.40 bits per heavy atom. The SMILES string of the molecule is CCOc1ccc(C(=O)Oc2ccc3c(F)c(F)ccc3c2)c(F)c1. The van der Waals surface area contributed by atoms with Crippen LogP contribution in [0.4, 0.5) is 13.2 Å². The molecule has 0 aliphatic heterocycles. The van der Waals surface area contributed by atoms with Crippen molar-refractivity contribution in [3.63, 3.8) is 0 Å². The molecular formula is C19H13F3O3. The second-order valence-corrected chi connectivity index (χ2v) is 5.21. The normalized spacial score (nSPS) is 10.7. The van der Waals surface area contributed by atoms with E-state index in [9.17, 15) is 18.0 Å². The van der Waals surface area contributed by atoms with E-state index in [1.165, 1.54) is 36.4 Å². The van der Waals surface area contributed by atoms with E-state index >= 15 is 0 Å². The lowest BCUT2D eigenvalue weighted by Crippen LogP contribution is -2.11. The number of esters is 1. The van der Waals surface area contributed by atoms with Crippen molar-refractivity contribution in [2.24, 2.45) is 0 Å². The predicted molar refractivity (Wildman–Crippen MR) is 86.4 cm³/mol. The quantitative estimate of drug-likeness (QED) is 0.499. The molecule has 0 aliphatic rings. The lowest BCUT2D eigenvalue weighted by atomic mass is 10.1. The molecular weight excluding hydrogens is 333 g/mol. The van der Waals surface area contributed by atoms with Crippen LogP contribution in [0.25, 0.3) is 10.8 Å². The summed E-state index contributed by atoms with van der Waals surface area (Å²) in [7, 11) is 0. The third kappa shape index (κ3) is 3.42. The smallest absolute Gasteiger partial charge is 0.346 e. The molecule has 3 nitrogen and oxygen atoms in total. The van der Waals surface area contributed by atoms with Gasteiger partial charge in [0.1, 0.15) is 17.3 Å². The molecule has 0 amide bonds. The number of ether oxygens (including phenoxy) is 2. The molecule has 0 spiro atoms. The maximum absolute atomic E-state index is 14.0. The molecule has 0 unspecified atom stereocenters. The standard InChI is InChI=1S/C19H13F3O3/c1-2-24-12-4-7-15(17(21)10-12)19(23)25-13-5-6-14-11(9-13)3-8-16(20)18(14)22/h3-10H,2H2,1H3. The van der Waals surface area contributed by atoms with Gasteiger partial charge in [-0.15, -0.1) is 0 Å². The third-order valence-electron chi connectivity index (χ3n) is 3.56. The molecule has 0 saturated carbocycles. The molecule has 0 aromatic heterocycles. The van der Waals surface area contributed by atoms with E-state index in [0.717, 1.165) is 12.1 Å². The predicted octanol–water partition coefficient (Wildman–Crippen LogP) is 4.88. The van der Waals surface area contributed by atoms with Gasteiger partial charge >= 0.3 is 5.97 Å². The molecule has 3 rings (SSSR count). The highest BCUT2D eigenvalue weighted by Gasteiger charge is 2.16. The topological polar surface area (TPSA) is 35.5 Å². The van der Waals surface area contributed by atoms with E-state index < -0.39 is 23.4 Å². The van der Waals surface area contributed by atoms with Gasteiger partial charge in [-0.25, -0.2) is 18.0 Å². The number of fused-ring (bicyclic) bond motifs is 1. The number of carbonyl (C=O) groups excluding carboxylic acids is 1. The van der Waals surface area contributed by atoms with Crippen LogP contribution in [-0.2, 0) is 0 Å². The summed E-state index contributed by atoms with van der Waals surface area (Å²) in [4.78, 5) is 12.1. The first-order valence-corrected chi connectivity index (χ1v) is 7.52. The van der Waals surface area contributed by atoms with Crippen LogP contribution in [0.2, 0.25) is 0 Å². The Labute approximate surface area is 141 Å². The van der Waals surface area contributed by atoms with Crippen LogP contribution in [0.3, 0.4) is 0 Å². The summed E-state index contributed by atoms with van der Waals surface area (Å²) < 4.78 is 51.1. The number of rotatable bonds is 4. The fourth-order valence-electron chi connectivity index (χ4n) is 2.39. The van der Waals surface area contributed by atoms with E-state index in [1.54, 1.807) is 6.92 Å². The zero-order valence-corrected chi connectivity index (χ0v) is 13.2. The van der Waals surface area contributed by atoms with Gasteiger partial charge in [0.05, 0.1) is 12.2 Å². The highest BCUT2D eigenvalue weighted by atomic mass is 19.2. The first kappa shape index (κ1) is 16.8. The Morgan fingerprint density at radius 1 is 0.920 bits per heavy atom. The minimum atomic E-state index is -0.979. The molecule has 0 fully saturated rings. The number of benzene rings is 3. The average Bonchev–Trinajstić information content (AvgIpc) is 2.58. The molecule has 3 aromatic carbocycles. The van der Waals surface area contributed by atoms with Crippen molar-refractivity contribution in [1.82, 2.24) is 0 Å². The van der Waals surface area contributed by atoms with Gasteiger partial charge in [-0.1, -0.05) is 6.07 Å². The lowest BCUT2D eigenvalue weighted by Gasteiger charge is -2.08. The molecule has 25 heavy (non-hydrogen) atoms. The molecule has 128 valence electrons. The highest BCUT2D eigenvalue weighted by molar-refractivity contribution is 5.92. The zero-order chi connectivity index (χ0) is 18.0. The summed E-state index contributed by atoms with van der Waals surface area (Å²) in [5.74, 6) is -3.22. The van der Waals surface area contributed by atoms with Crippen molar-refractivity contribution in [2.45, 2.75) is 6.92 Å². The van der Waals surface area contributed by atoms with Crippen molar-refractivity contribution < 1.29 is 27.4 Å². The first-order valence-electron chi connectivity index (χ1n) is 7.52. The minimum absolute atomic E-state index is 0.0621. The van der Waals surface area contributed by atoms with Crippen molar-refractivity contribution in [3.8, 4) is 11.5 Å². The highest BCUT2D eigenvalue weighted by Crippen LogP contribution is 2.26. The van der Waals surface area contributed by atoms with Crippen LogP contribution in [0, 0.1) is 17.5 Å². The molecule has 0 radical (unpaired) electrons. The summed E-state index contributed by atoms with van der Waals surface area (Å²) in [6, 6.07) is 10.2. The van der Waals surface area contributed by atoms with Crippen molar-refractivity contribution in [2.75, 3.05) is 6.61 Å². The van der Waals surface area contributed by atoms with Gasteiger partial charge in [0, 0.05) is 11.5 Å². The van der Waals surface area contributed by atoms with Gasteiger partial charge in [-0.3, -0.25) is 0 Å². The van der Waals surface area contributed by atoms with Crippen LogP contribution in [0.1, 0.15) is 17.3 Å². The Bertz CT molecular complexity index is 954. The van der Waals surface area contributed by atoms with Gasteiger partial charge in [0.25, 0.3) is 0 Å². The molecule has 0 heterocycles. The van der Waals surface area contributed by atoms with Crippen LogP contribution in [0.5, 0.6) is 11.5 Å². The molecule has 6 heteroatoms. The van der Waals surface area contributed by atoms with Crippen LogP contribution < -0.4 is 9.47 Å². The molecule has 0 atom stereocenters. The Hall–Kier alpha value is -3.02. The van der Waals surface area contributed by atoms with Crippen molar-refractivity contribution in [1.29, 1.82) is 0 Å². The third-order valence-corrected chi connectivity index (χ3v) is 3.56. The van der Waals surface area contributed by atoms with Crippen molar-refractivity contribution >= 4 is 16.7 Å². The van der Waals surface area contributed by atoms with E-state index in [0.29, 0.717) is 17.7 Å². The van der Waals surface area contributed by atoms with Gasteiger partial charge in [0.15, 0.2) is 11.6 Å². The van der Waals surface area contributed by atoms with E-state index in [-0.39, 0.29) is 16.7 Å². The fourth-order valence-corrected chi connectivity index (χ4v) is 2.39. The zero-order valence-electron chi connectivity index (χ0n) is 13.2. The first-order chi connectivity index (χ1) is 12.0. The van der Waals surface area contributed by atoms with E-state index in [4.69, 9.17) is 9.47 Å². The number of carbonyl (C=O) groups is 1. The number of halogens is 3. The number of hydrogen-bond acceptors (Lipinski definition) is 3. The molecule has 0 N–H and O–H groups in total. The van der Waals surface area contributed by atoms with Crippen molar-refractivity contribution in [3.05, 3.63) is 71.5 Å². The fraction of sp³-hybridized carbons (Fsp3) is 0.105. The van der Waals surface area contributed by atoms with Gasteiger partial charge in [-0.05, 0) is 48.7 Å². The summed E-state index contributed by atoms with van der Waals surface area (Å²) in [6.07, 6.45) is 0.